The standard InChI is InChI=1S/C12H12N2O2/c13-10-12(16-11(15)14-10)7-3-5-8-4-1-2-6-9(8)12/h1-2,4,6H,3,5,7H2,(H2,13,14,15). The monoisotopic (exact) mass is 216 g/mol. The van der Waals surface area contributed by atoms with Gasteiger partial charge in [0.1, 0.15) is 0 Å². The van der Waals surface area contributed by atoms with E-state index in [2.05, 4.69) is 11.1 Å². The summed E-state index contributed by atoms with van der Waals surface area (Å²) in [4.78, 5) is 14.9. The highest BCUT2D eigenvalue weighted by molar-refractivity contribution is 6.02. The number of fused-ring (bicyclic) bond motifs is 2. The van der Waals surface area contributed by atoms with Crippen molar-refractivity contribution in [1.82, 2.24) is 0 Å². The fourth-order valence-corrected chi connectivity index (χ4v) is 2.58. The Kier molecular flexibility index (Phi) is 1.80. The Balaban J connectivity index is 2.18. The van der Waals surface area contributed by atoms with Crippen LogP contribution < -0.4 is 5.73 Å². The lowest BCUT2D eigenvalue weighted by molar-refractivity contribution is 0.0665. The van der Waals surface area contributed by atoms with E-state index in [1.807, 2.05) is 18.2 Å². The fraction of sp³-hybridized carbons (Fsp3) is 0.333. The Morgan fingerprint density at radius 1 is 1.38 bits per heavy atom. The van der Waals surface area contributed by atoms with Gasteiger partial charge in [0.2, 0.25) is 0 Å². The van der Waals surface area contributed by atoms with Gasteiger partial charge in [-0.25, -0.2) is 4.79 Å². The second-order valence-electron chi connectivity index (χ2n) is 4.20. The van der Waals surface area contributed by atoms with Crippen molar-refractivity contribution in [3.8, 4) is 0 Å². The van der Waals surface area contributed by atoms with Gasteiger partial charge in [0.15, 0.2) is 11.4 Å². The van der Waals surface area contributed by atoms with Crippen LogP contribution in [-0.4, -0.2) is 11.9 Å². The van der Waals surface area contributed by atoms with Gasteiger partial charge in [0.25, 0.3) is 0 Å². The number of hydrogen-bond donors (Lipinski definition) is 1. The molecule has 16 heavy (non-hydrogen) atoms. The first-order valence-electron chi connectivity index (χ1n) is 5.38. The predicted molar refractivity (Wildman–Crippen MR) is 59.2 cm³/mol. The maximum absolute atomic E-state index is 11.2. The van der Waals surface area contributed by atoms with Crippen molar-refractivity contribution in [3.05, 3.63) is 35.4 Å². The SMILES string of the molecule is NC1=NC(=O)OC12CCCc1ccccc12. The van der Waals surface area contributed by atoms with Gasteiger partial charge in [0.05, 0.1) is 0 Å². The fourth-order valence-electron chi connectivity index (χ4n) is 2.58. The number of nitrogens with zero attached hydrogens (tertiary/aromatic N) is 1. The van der Waals surface area contributed by atoms with Gasteiger partial charge in [-0.05, 0) is 24.8 Å². The zero-order valence-corrected chi connectivity index (χ0v) is 8.77. The molecule has 1 heterocycles. The Morgan fingerprint density at radius 3 is 2.94 bits per heavy atom. The van der Waals surface area contributed by atoms with Crippen LogP contribution in [0.2, 0.25) is 0 Å². The van der Waals surface area contributed by atoms with Crippen molar-refractivity contribution in [2.75, 3.05) is 0 Å². The summed E-state index contributed by atoms with van der Waals surface area (Å²) in [6.45, 7) is 0. The Hall–Kier alpha value is -1.84. The third-order valence-electron chi connectivity index (χ3n) is 3.31. The lowest BCUT2D eigenvalue weighted by atomic mass is 9.78. The van der Waals surface area contributed by atoms with E-state index in [9.17, 15) is 4.79 Å². The van der Waals surface area contributed by atoms with E-state index >= 15 is 0 Å². The zero-order chi connectivity index (χ0) is 11.2. The first-order valence-corrected chi connectivity index (χ1v) is 5.38. The van der Waals surface area contributed by atoms with Gasteiger partial charge in [0, 0.05) is 5.56 Å². The topological polar surface area (TPSA) is 64.7 Å². The van der Waals surface area contributed by atoms with E-state index in [-0.39, 0.29) is 0 Å². The van der Waals surface area contributed by atoms with E-state index in [1.54, 1.807) is 0 Å². The highest BCUT2D eigenvalue weighted by Crippen LogP contribution is 2.41. The average Bonchev–Trinajstić information content (AvgIpc) is 2.55. The number of aliphatic imine (C=N–C) groups is 1. The molecule has 0 saturated heterocycles. The number of rotatable bonds is 0. The smallest absolute Gasteiger partial charge is 0.428 e. The van der Waals surface area contributed by atoms with E-state index < -0.39 is 11.7 Å². The van der Waals surface area contributed by atoms with E-state index in [1.165, 1.54) is 5.56 Å². The van der Waals surface area contributed by atoms with Crippen LogP contribution in [0.3, 0.4) is 0 Å². The molecule has 82 valence electrons. The third-order valence-corrected chi connectivity index (χ3v) is 3.31. The molecule has 2 N–H and O–H groups in total. The number of aryl methyl sites for hydroxylation is 1. The molecular weight excluding hydrogens is 204 g/mol. The van der Waals surface area contributed by atoms with Crippen LogP contribution in [0, 0.1) is 0 Å². The summed E-state index contributed by atoms with van der Waals surface area (Å²) in [5, 5.41) is 0. The lowest BCUT2D eigenvalue weighted by Crippen LogP contribution is -2.42. The van der Waals surface area contributed by atoms with Crippen LogP contribution in [0.15, 0.2) is 29.3 Å². The van der Waals surface area contributed by atoms with Crippen molar-refractivity contribution >= 4 is 11.9 Å². The van der Waals surface area contributed by atoms with Gasteiger partial charge in [-0.15, -0.1) is 0 Å². The van der Waals surface area contributed by atoms with Crippen molar-refractivity contribution in [2.24, 2.45) is 10.7 Å². The van der Waals surface area contributed by atoms with Crippen LogP contribution in [0.25, 0.3) is 0 Å². The van der Waals surface area contributed by atoms with Crippen LogP contribution in [-0.2, 0) is 16.8 Å². The quantitative estimate of drug-likeness (QED) is 0.718. The highest BCUT2D eigenvalue weighted by atomic mass is 16.6. The number of hydrogen-bond acceptors (Lipinski definition) is 3. The molecule has 4 nitrogen and oxygen atoms in total. The molecular formula is C12H12N2O2. The molecule has 0 radical (unpaired) electrons. The molecule has 0 bridgehead atoms. The molecule has 3 rings (SSSR count). The minimum Gasteiger partial charge on any atom is -0.428 e. The summed E-state index contributed by atoms with van der Waals surface area (Å²) in [6, 6.07) is 7.94. The molecule has 1 amide bonds. The summed E-state index contributed by atoms with van der Waals surface area (Å²) in [5.74, 6) is 0.296. The molecule has 1 spiro atoms. The summed E-state index contributed by atoms with van der Waals surface area (Å²) in [6.07, 6.45) is 2.11. The lowest BCUT2D eigenvalue weighted by Gasteiger charge is -2.33. The molecule has 1 aromatic rings. The molecule has 0 fully saturated rings. The summed E-state index contributed by atoms with van der Waals surface area (Å²) < 4.78 is 5.36. The number of nitrogens with two attached hydrogens (primary N) is 1. The molecule has 0 saturated carbocycles. The molecule has 1 aliphatic carbocycles. The van der Waals surface area contributed by atoms with E-state index in [0.29, 0.717) is 5.84 Å². The first-order chi connectivity index (χ1) is 7.72. The van der Waals surface area contributed by atoms with E-state index in [0.717, 1.165) is 24.8 Å². The zero-order valence-electron chi connectivity index (χ0n) is 8.77. The van der Waals surface area contributed by atoms with Crippen molar-refractivity contribution in [1.29, 1.82) is 0 Å². The molecule has 2 aliphatic rings. The molecule has 0 aromatic heterocycles. The molecule has 1 unspecified atom stereocenters. The van der Waals surface area contributed by atoms with Gasteiger partial charge in [-0.1, -0.05) is 24.3 Å². The minimum absolute atomic E-state index is 0.296. The van der Waals surface area contributed by atoms with Crippen LogP contribution in [0.5, 0.6) is 0 Å². The van der Waals surface area contributed by atoms with Crippen molar-refractivity contribution < 1.29 is 9.53 Å². The Bertz CT molecular complexity index is 496. The van der Waals surface area contributed by atoms with Gasteiger partial charge in [-0.2, -0.15) is 4.99 Å². The Labute approximate surface area is 93.1 Å². The van der Waals surface area contributed by atoms with E-state index in [4.69, 9.17) is 10.5 Å². The number of amides is 1. The van der Waals surface area contributed by atoms with Crippen LogP contribution in [0.1, 0.15) is 24.0 Å². The van der Waals surface area contributed by atoms with Gasteiger partial charge < -0.3 is 10.5 Å². The highest BCUT2D eigenvalue weighted by Gasteiger charge is 2.47. The van der Waals surface area contributed by atoms with Crippen molar-refractivity contribution in [3.63, 3.8) is 0 Å². The first kappa shape index (κ1) is 9.39. The number of carbonyl (C=O) groups is 1. The molecule has 1 aromatic carbocycles. The van der Waals surface area contributed by atoms with Gasteiger partial charge in [-0.3, -0.25) is 0 Å². The normalized spacial score (nSPS) is 27.5. The minimum atomic E-state index is -0.786. The second kappa shape index (κ2) is 3.07. The predicted octanol–water partition coefficient (Wildman–Crippen LogP) is 1.73. The van der Waals surface area contributed by atoms with Crippen molar-refractivity contribution in [2.45, 2.75) is 24.9 Å². The van der Waals surface area contributed by atoms with Gasteiger partial charge >= 0.3 is 6.09 Å². The second-order valence-corrected chi connectivity index (χ2v) is 4.20. The maximum Gasteiger partial charge on any atom is 0.436 e. The number of benzene rings is 1. The van der Waals surface area contributed by atoms with Crippen LogP contribution in [0.4, 0.5) is 4.79 Å². The number of ether oxygens (including phenoxy) is 1. The van der Waals surface area contributed by atoms with Crippen LogP contribution >= 0.6 is 0 Å². The molecule has 1 aliphatic heterocycles. The Morgan fingerprint density at radius 2 is 2.19 bits per heavy atom. The summed E-state index contributed by atoms with van der Waals surface area (Å²) in [7, 11) is 0. The number of amidine groups is 1. The molecule has 4 heteroatoms. The number of carbonyl (C=O) groups excluding carboxylic acids is 1. The summed E-state index contributed by atoms with van der Waals surface area (Å²) >= 11 is 0. The maximum atomic E-state index is 11.2. The largest absolute Gasteiger partial charge is 0.436 e. The molecule has 1 atom stereocenters. The average molecular weight is 216 g/mol. The summed E-state index contributed by atoms with van der Waals surface area (Å²) in [5.41, 5.74) is 7.26. The third kappa shape index (κ3) is 1.10.